The van der Waals surface area contributed by atoms with Crippen molar-refractivity contribution in [2.24, 2.45) is 0 Å². The summed E-state index contributed by atoms with van der Waals surface area (Å²) in [4.78, 5) is 0. The van der Waals surface area contributed by atoms with Gasteiger partial charge in [0, 0.05) is 12.0 Å². The van der Waals surface area contributed by atoms with Crippen molar-refractivity contribution in [2.45, 2.75) is 19.4 Å². The summed E-state index contributed by atoms with van der Waals surface area (Å²) in [6, 6.07) is 3.90. The van der Waals surface area contributed by atoms with Gasteiger partial charge in [0.05, 0.1) is 12.4 Å². The molecule has 0 spiro atoms. The lowest BCUT2D eigenvalue weighted by molar-refractivity contribution is 0.177. The van der Waals surface area contributed by atoms with Crippen LogP contribution < -0.4 is 0 Å². The van der Waals surface area contributed by atoms with Gasteiger partial charge in [-0.2, -0.15) is 11.3 Å². The number of thiophene rings is 1. The maximum Gasteiger partial charge on any atom is 0.101 e. The highest BCUT2D eigenvalue weighted by Gasteiger charge is 2.10. The van der Waals surface area contributed by atoms with Gasteiger partial charge in [0.15, 0.2) is 0 Å². The molecule has 0 aromatic carbocycles. The Bertz CT molecular complexity index is 389. The summed E-state index contributed by atoms with van der Waals surface area (Å²) in [6.45, 7) is 1.88. The van der Waals surface area contributed by atoms with E-state index in [2.05, 4.69) is 5.38 Å². The highest BCUT2D eigenvalue weighted by molar-refractivity contribution is 7.07. The predicted molar refractivity (Wildman–Crippen MR) is 56.4 cm³/mol. The Kier molecular flexibility index (Phi) is 2.70. The molecule has 14 heavy (non-hydrogen) atoms. The van der Waals surface area contributed by atoms with Gasteiger partial charge in [-0.3, -0.25) is 0 Å². The minimum absolute atomic E-state index is 0.456. The van der Waals surface area contributed by atoms with Gasteiger partial charge in [-0.25, -0.2) is 0 Å². The molecule has 0 fully saturated rings. The molecule has 2 heterocycles. The standard InChI is InChI=1S/C11H12O2S/c1-8-4-10(6-13-8)11(12)5-9-2-3-14-7-9/h2-4,6-7,11-12H,5H2,1H3. The van der Waals surface area contributed by atoms with Crippen LogP contribution >= 0.6 is 11.3 Å². The minimum atomic E-state index is -0.456. The number of hydrogen-bond donors (Lipinski definition) is 1. The second-order valence-corrected chi connectivity index (χ2v) is 4.12. The predicted octanol–water partition coefficient (Wildman–Crippen LogP) is 2.93. The van der Waals surface area contributed by atoms with Crippen molar-refractivity contribution in [1.29, 1.82) is 0 Å². The fourth-order valence-corrected chi connectivity index (χ4v) is 2.07. The molecule has 0 saturated heterocycles. The van der Waals surface area contributed by atoms with Gasteiger partial charge in [-0.1, -0.05) is 0 Å². The third kappa shape index (κ3) is 2.05. The van der Waals surface area contributed by atoms with Crippen molar-refractivity contribution in [3.05, 3.63) is 46.0 Å². The zero-order valence-corrected chi connectivity index (χ0v) is 8.75. The molecule has 2 aromatic rings. The number of hydrogen-bond acceptors (Lipinski definition) is 3. The van der Waals surface area contributed by atoms with Crippen LogP contribution in [-0.4, -0.2) is 5.11 Å². The molecule has 2 aromatic heterocycles. The van der Waals surface area contributed by atoms with Crippen molar-refractivity contribution in [3.63, 3.8) is 0 Å². The first-order valence-corrected chi connectivity index (χ1v) is 5.44. The topological polar surface area (TPSA) is 33.4 Å². The molecular formula is C11H12O2S. The minimum Gasteiger partial charge on any atom is -0.469 e. The molecule has 0 amide bonds. The number of aliphatic hydroxyl groups is 1. The largest absolute Gasteiger partial charge is 0.469 e. The highest BCUT2D eigenvalue weighted by Crippen LogP contribution is 2.21. The van der Waals surface area contributed by atoms with Crippen LogP contribution in [0.3, 0.4) is 0 Å². The third-order valence-corrected chi connectivity index (χ3v) is 2.88. The van der Waals surface area contributed by atoms with Crippen molar-refractivity contribution in [3.8, 4) is 0 Å². The maximum absolute atomic E-state index is 9.85. The van der Waals surface area contributed by atoms with Crippen LogP contribution in [0.15, 0.2) is 33.6 Å². The van der Waals surface area contributed by atoms with Crippen molar-refractivity contribution >= 4 is 11.3 Å². The molecule has 0 aliphatic rings. The first-order valence-electron chi connectivity index (χ1n) is 4.50. The lowest BCUT2D eigenvalue weighted by atomic mass is 10.1. The van der Waals surface area contributed by atoms with E-state index in [4.69, 9.17) is 4.42 Å². The zero-order chi connectivity index (χ0) is 9.97. The molecule has 0 aliphatic carbocycles. The molecule has 1 unspecified atom stereocenters. The fourth-order valence-electron chi connectivity index (χ4n) is 1.39. The van der Waals surface area contributed by atoms with E-state index in [9.17, 15) is 5.11 Å². The molecular weight excluding hydrogens is 196 g/mol. The first-order chi connectivity index (χ1) is 6.75. The normalized spacial score (nSPS) is 13.0. The van der Waals surface area contributed by atoms with Gasteiger partial charge in [-0.15, -0.1) is 0 Å². The number of rotatable bonds is 3. The highest BCUT2D eigenvalue weighted by atomic mass is 32.1. The average molecular weight is 208 g/mol. The summed E-state index contributed by atoms with van der Waals surface area (Å²) >= 11 is 1.65. The van der Waals surface area contributed by atoms with Crippen LogP contribution in [0.4, 0.5) is 0 Å². The Hall–Kier alpha value is -1.06. The molecule has 74 valence electrons. The van der Waals surface area contributed by atoms with E-state index in [1.165, 1.54) is 5.56 Å². The Labute approximate surface area is 86.8 Å². The first kappa shape index (κ1) is 9.49. The van der Waals surface area contributed by atoms with E-state index < -0.39 is 6.10 Å². The van der Waals surface area contributed by atoms with Gasteiger partial charge in [0.25, 0.3) is 0 Å². The molecule has 1 N–H and O–H groups in total. The summed E-state index contributed by atoms with van der Waals surface area (Å²) in [5.74, 6) is 0.837. The molecule has 2 rings (SSSR count). The summed E-state index contributed by atoms with van der Waals surface area (Å²) in [7, 11) is 0. The summed E-state index contributed by atoms with van der Waals surface area (Å²) in [5, 5.41) is 13.9. The average Bonchev–Trinajstić information content (AvgIpc) is 2.75. The molecule has 1 atom stereocenters. The molecule has 2 nitrogen and oxygen atoms in total. The molecule has 0 bridgehead atoms. The van der Waals surface area contributed by atoms with Crippen molar-refractivity contribution in [1.82, 2.24) is 0 Å². The summed E-state index contributed by atoms with van der Waals surface area (Å²) < 4.78 is 5.15. The van der Waals surface area contributed by atoms with Gasteiger partial charge in [0.2, 0.25) is 0 Å². The number of aliphatic hydroxyl groups excluding tert-OH is 1. The molecule has 0 radical (unpaired) electrons. The van der Waals surface area contributed by atoms with Crippen LogP contribution in [0.2, 0.25) is 0 Å². The van der Waals surface area contributed by atoms with Crippen LogP contribution in [-0.2, 0) is 6.42 Å². The van der Waals surface area contributed by atoms with Crippen LogP contribution in [0.5, 0.6) is 0 Å². The van der Waals surface area contributed by atoms with Crippen molar-refractivity contribution < 1.29 is 9.52 Å². The Morgan fingerprint density at radius 2 is 2.43 bits per heavy atom. The van der Waals surface area contributed by atoms with Crippen molar-refractivity contribution in [2.75, 3.05) is 0 Å². The summed E-state index contributed by atoms with van der Waals surface area (Å²) in [6.07, 6.45) is 1.82. The van der Waals surface area contributed by atoms with E-state index in [1.807, 2.05) is 24.4 Å². The van der Waals surface area contributed by atoms with E-state index in [0.717, 1.165) is 11.3 Å². The van der Waals surface area contributed by atoms with Crippen LogP contribution in [0, 0.1) is 6.92 Å². The maximum atomic E-state index is 9.85. The fraction of sp³-hybridized carbons (Fsp3) is 0.273. The van der Waals surface area contributed by atoms with E-state index >= 15 is 0 Å². The Morgan fingerprint density at radius 3 is 3.00 bits per heavy atom. The molecule has 3 heteroatoms. The quantitative estimate of drug-likeness (QED) is 0.841. The lowest BCUT2D eigenvalue weighted by Gasteiger charge is -2.05. The Morgan fingerprint density at radius 1 is 1.57 bits per heavy atom. The molecule has 0 aliphatic heterocycles. The summed E-state index contributed by atoms with van der Waals surface area (Å²) in [5.41, 5.74) is 2.02. The van der Waals surface area contributed by atoms with Gasteiger partial charge in [0.1, 0.15) is 5.76 Å². The van der Waals surface area contributed by atoms with Crippen LogP contribution in [0.25, 0.3) is 0 Å². The van der Waals surface area contributed by atoms with E-state index in [0.29, 0.717) is 6.42 Å². The third-order valence-electron chi connectivity index (χ3n) is 2.14. The lowest BCUT2D eigenvalue weighted by Crippen LogP contribution is -1.98. The van der Waals surface area contributed by atoms with E-state index in [1.54, 1.807) is 17.6 Å². The van der Waals surface area contributed by atoms with Gasteiger partial charge >= 0.3 is 0 Å². The smallest absolute Gasteiger partial charge is 0.101 e. The van der Waals surface area contributed by atoms with Gasteiger partial charge in [-0.05, 0) is 35.4 Å². The SMILES string of the molecule is Cc1cc(C(O)Cc2ccsc2)co1. The zero-order valence-electron chi connectivity index (χ0n) is 7.93. The number of aryl methyl sites for hydroxylation is 1. The van der Waals surface area contributed by atoms with E-state index in [-0.39, 0.29) is 0 Å². The second kappa shape index (κ2) is 3.98. The number of furan rings is 1. The second-order valence-electron chi connectivity index (χ2n) is 3.34. The molecule has 0 saturated carbocycles. The van der Waals surface area contributed by atoms with Crippen LogP contribution in [0.1, 0.15) is 23.0 Å². The Balaban J connectivity index is 2.06. The monoisotopic (exact) mass is 208 g/mol. The van der Waals surface area contributed by atoms with Gasteiger partial charge < -0.3 is 9.52 Å².